The number of anilines is 1. The van der Waals surface area contributed by atoms with Gasteiger partial charge in [0.2, 0.25) is 11.1 Å². The normalized spacial score (nSPS) is 12.0. The van der Waals surface area contributed by atoms with Crippen LogP contribution in [-0.4, -0.2) is 46.7 Å². The van der Waals surface area contributed by atoms with Crippen LogP contribution in [0.3, 0.4) is 0 Å². The highest BCUT2D eigenvalue weighted by atomic mass is 32.2. The minimum Gasteiger partial charge on any atom is -0.378 e. The number of benzene rings is 1. The average molecular weight is 348 g/mol. The standard InChI is InChI=1S/C16H24N6OS/c1-5-9-18-15(23)11(2)24-16-20-19-14(22(16)17)12-7-6-8-13(10-12)21(3)4/h6-8,10-11H,5,9,17H2,1-4H3,(H,18,23). The molecule has 0 radical (unpaired) electrons. The maximum Gasteiger partial charge on any atom is 0.233 e. The lowest BCUT2D eigenvalue weighted by Crippen LogP contribution is -2.31. The van der Waals surface area contributed by atoms with Crippen LogP contribution in [0.25, 0.3) is 11.4 Å². The Hall–Kier alpha value is -2.22. The largest absolute Gasteiger partial charge is 0.378 e. The van der Waals surface area contributed by atoms with Crippen LogP contribution in [0.1, 0.15) is 20.3 Å². The number of hydrogen-bond donors (Lipinski definition) is 2. The van der Waals surface area contributed by atoms with Gasteiger partial charge in [0.05, 0.1) is 5.25 Å². The van der Waals surface area contributed by atoms with Crippen molar-refractivity contribution in [2.45, 2.75) is 30.7 Å². The number of hydrogen-bond acceptors (Lipinski definition) is 6. The minimum atomic E-state index is -0.288. The molecule has 1 aromatic carbocycles. The summed E-state index contributed by atoms with van der Waals surface area (Å²) in [6.07, 6.45) is 0.905. The third-order valence-corrected chi connectivity index (χ3v) is 4.54. The van der Waals surface area contributed by atoms with Gasteiger partial charge in [-0.25, -0.2) is 4.68 Å². The lowest BCUT2D eigenvalue weighted by Gasteiger charge is -2.13. The van der Waals surface area contributed by atoms with Crippen LogP contribution in [-0.2, 0) is 4.79 Å². The van der Waals surface area contributed by atoms with Crippen LogP contribution in [0.5, 0.6) is 0 Å². The first-order valence-corrected chi connectivity index (χ1v) is 8.74. The molecule has 0 bridgehead atoms. The summed E-state index contributed by atoms with van der Waals surface area (Å²) in [6, 6.07) is 7.90. The SMILES string of the molecule is CCCNC(=O)C(C)Sc1nnc(-c2cccc(N(C)C)c2)n1N. The number of carbonyl (C=O) groups excluding carboxylic acids is 1. The van der Waals surface area contributed by atoms with Gasteiger partial charge in [-0.05, 0) is 25.5 Å². The van der Waals surface area contributed by atoms with Crippen LogP contribution >= 0.6 is 11.8 Å². The highest BCUT2D eigenvalue weighted by Crippen LogP contribution is 2.26. The number of aromatic nitrogens is 3. The molecule has 0 spiro atoms. The molecule has 130 valence electrons. The van der Waals surface area contributed by atoms with Crippen molar-refractivity contribution in [3.8, 4) is 11.4 Å². The zero-order valence-electron chi connectivity index (χ0n) is 14.5. The fraction of sp³-hybridized carbons (Fsp3) is 0.438. The van der Waals surface area contributed by atoms with Crippen molar-refractivity contribution in [2.24, 2.45) is 0 Å². The maximum absolute atomic E-state index is 12.0. The monoisotopic (exact) mass is 348 g/mol. The lowest BCUT2D eigenvalue weighted by atomic mass is 10.2. The predicted molar refractivity (Wildman–Crippen MR) is 98.6 cm³/mol. The van der Waals surface area contributed by atoms with Crippen molar-refractivity contribution in [2.75, 3.05) is 31.4 Å². The van der Waals surface area contributed by atoms with E-state index in [4.69, 9.17) is 5.84 Å². The Bertz CT molecular complexity index is 700. The van der Waals surface area contributed by atoms with Crippen molar-refractivity contribution < 1.29 is 4.79 Å². The number of nitrogens with zero attached hydrogens (tertiary/aromatic N) is 4. The summed E-state index contributed by atoms with van der Waals surface area (Å²) in [6.45, 7) is 4.51. The Morgan fingerprint density at radius 3 is 2.83 bits per heavy atom. The van der Waals surface area contributed by atoms with Gasteiger partial charge in [-0.2, -0.15) is 0 Å². The van der Waals surface area contributed by atoms with Gasteiger partial charge in [-0.15, -0.1) is 10.2 Å². The second kappa shape index (κ2) is 8.05. The smallest absolute Gasteiger partial charge is 0.233 e. The summed E-state index contributed by atoms with van der Waals surface area (Å²) < 4.78 is 1.43. The van der Waals surface area contributed by atoms with E-state index >= 15 is 0 Å². The van der Waals surface area contributed by atoms with E-state index in [1.807, 2.05) is 57.1 Å². The highest BCUT2D eigenvalue weighted by Gasteiger charge is 2.19. The van der Waals surface area contributed by atoms with Crippen LogP contribution in [0.15, 0.2) is 29.4 Å². The molecule has 2 rings (SSSR count). The molecule has 0 aliphatic rings. The van der Waals surface area contributed by atoms with E-state index in [9.17, 15) is 4.79 Å². The van der Waals surface area contributed by atoms with Crippen molar-refractivity contribution in [3.05, 3.63) is 24.3 Å². The summed E-state index contributed by atoms with van der Waals surface area (Å²) >= 11 is 1.30. The number of rotatable bonds is 7. The molecule has 1 aromatic heterocycles. The molecule has 0 aliphatic carbocycles. The second-order valence-electron chi connectivity index (χ2n) is 5.67. The van der Waals surface area contributed by atoms with E-state index in [0.29, 0.717) is 17.5 Å². The first-order chi connectivity index (χ1) is 11.4. The van der Waals surface area contributed by atoms with Crippen molar-refractivity contribution in [1.82, 2.24) is 20.2 Å². The van der Waals surface area contributed by atoms with Crippen molar-refractivity contribution in [1.29, 1.82) is 0 Å². The quantitative estimate of drug-likeness (QED) is 0.585. The molecule has 0 saturated heterocycles. The van der Waals surface area contributed by atoms with Crippen molar-refractivity contribution >= 4 is 23.4 Å². The average Bonchev–Trinajstić information content (AvgIpc) is 2.93. The van der Waals surface area contributed by atoms with Gasteiger partial charge in [0.1, 0.15) is 0 Å². The predicted octanol–water partition coefficient (Wildman–Crippen LogP) is 1.73. The number of nitrogens with one attached hydrogen (secondary N) is 1. The van der Waals surface area contributed by atoms with E-state index in [-0.39, 0.29) is 11.2 Å². The molecule has 24 heavy (non-hydrogen) atoms. The zero-order valence-corrected chi connectivity index (χ0v) is 15.3. The summed E-state index contributed by atoms with van der Waals surface area (Å²) in [5, 5.41) is 11.4. The summed E-state index contributed by atoms with van der Waals surface area (Å²) in [4.78, 5) is 14.0. The number of nitrogen functional groups attached to an aromatic ring is 1. The molecule has 1 atom stereocenters. The van der Waals surface area contributed by atoms with E-state index in [0.717, 1.165) is 17.7 Å². The molecule has 1 unspecified atom stereocenters. The topological polar surface area (TPSA) is 89.1 Å². The van der Waals surface area contributed by atoms with Crippen molar-refractivity contribution in [3.63, 3.8) is 0 Å². The Morgan fingerprint density at radius 2 is 2.17 bits per heavy atom. The van der Waals surface area contributed by atoms with E-state index < -0.39 is 0 Å². The molecular formula is C16H24N6OS. The van der Waals surface area contributed by atoms with E-state index in [1.165, 1.54) is 16.4 Å². The van der Waals surface area contributed by atoms with E-state index in [2.05, 4.69) is 15.5 Å². The van der Waals surface area contributed by atoms with Crippen LogP contribution in [0.4, 0.5) is 5.69 Å². The first-order valence-electron chi connectivity index (χ1n) is 7.86. The molecule has 3 N–H and O–H groups in total. The number of amides is 1. The number of thioether (sulfide) groups is 1. The van der Waals surface area contributed by atoms with Gasteiger partial charge in [-0.3, -0.25) is 4.79 Å². The van der Waals surface area contributed by atoms with Crippen LogP contribution in [0.2, 0.25) is 0 Å². The zero-order chi connectivity index (χ0) is 17.7. The first kappa shape index (κ1) is 18.1. The summed E-state index contributed by atoms with van der Waals surface area (Å²) in [7, 11) is 3.95. The van der Waals surface area contributed by atoms with Gasteiger partial charge in [-0.1, -0.05) is 30.8 Å². The van der Waals surface area contributed by atoms with Gasteiger partial charge >= 0.3 is 0 Å². The van der Waals surface area contributed by atoms with Gasteiger partial charge < -0.3 is 16.1 Å². The summed E-state index contributed by atoms with van der Waals surface area (Å²) in [5.41, 5.74) is 1.93. The molecule has 1 amide bonds. The molecular weight excluding hydrogens is 324 g/mol. The molecule has 7 nitrogen and oxygen atoms in total. The molecule has 2 aromatic rings. The molecule has 0 saturated carbocycles. The fourth-order valence-electron chi connectivity index (χ4n) is 2.08. The van der Waals surface area contributed by atoms with Gasteiger partial charge in [0.15, 0.2) is 5.82 Å². The van der Waals surface area contributed by atoms with Crippen LogP contribution in [0, 0.1) is 0 Å². The Kier molecular flexibility index (Phi) is 6.08. The Morgan fingerprint density at radius 1 is 1.42 bits per heavy atom. The maximum atomic E-state index is 12.0. The molecule has 0 fully saturated rings. The third-order valence-electron chi connectivity index (χ3n) is 3.49. The molecule has 0 aliphatic heterocycles. The highest BCUT2D eigenvalue weighted by molar-refractivity contribution is 8.00. The second-order valence-corrected chi connectivity index (χ2v) is 6.98. The number of nitrogens with two attached hydrogens (primary N) is 1. The molecule has 8 heteroatoms. The fourth-order valence-corrected chi connectivity index (χ4v) is 2.88. The lowest BCUT2D eigenvalue weighted by molar-refractivity contribution is -0.120. The van der Waals surface area contributed by atoms with Gasteiger partial charge in [0, 0.05) is 31.9 Å². The number of carbonyl (C=O) groups is 1. The molecule has 1 heterocycles. The van der Waals surface area contributed by atoms with E-state index in [1.54, 1.807) is 0 Å². The Balaban J connectivity index is 2.16. The summed E-state index contributed by atoms with van der Waals surface area (Å²) in [5.74, 6) is 6.68. The Labute approximate surface area is 146 Å². The van der Waals surface area contributed by atoms with Gasteiger partial charge in [0.25, 0.3) is 0 Å². The minimum absolute atomic E-state index is 0.0268. The third kappa shape index (κ3) is 4.19. The van der Waals surface area contributed by atoms with Crippen LogP contribution < -0.4 is 16.1 Å².